The van der Waals surface area contributed by atoms with E-state index in [2.05, 4.69) is 15.3 Å². The summed E-state index contributed by atoms with van der Waals surface area (Å²) in [6, 6.07) is 9.14. The van der Waals surface area contributed by atoms with E-state index in [-0.39, 0.29) is 93.9 Å². The van der Waals surface area contributed by atoms with Gasteiger partial charge in [0.15, 0.2) is 11.6 Å². The van der Waals surface area contributed by atoms with E-state index in [9.17, 15) is 36.3 Å². The van der Waals surface area contributed by atoms with Crippen LogP contribution in [0.4, 0.5) is 26.3 Å². The summed E-state index contributed by atoms with van der Waals surface area (Å²) in [4.78, 5) is 47.4. The fourth-order valence-corrected chi connectivity index (χ4v) is 8.62. The number of carbonyl (C=O) groups is 3. The van der Waals surface area contributed by atoms with Crippen LogP contribution in [0, 0.1) is 23.5 Å². The second kappa shape index (κ2) is 18.6. The van der Waals surface area contributed by atoms with E-state index in [1.54, 1.807) is 33.6 Å². The normalized spacial score (nSPS) is 16.2. The molecule has 67 heavy (non-hydrogen) atoms. The summed E-state index contributed by atoms with van der Waals surface area (Å²) < 4.78 is 106. The zero-order valence-electron chi connectivity index (χ0n) is 36.7. The Kier molecular flexibility index (Phi) is 12.6. The minimum Gasteiger partial charge on any atom is -0.496 e. The van der Waals surface area contributed by atoms with Gasteiger partial charge in [-0.1, -0.05) is 0 Å². The number of carbonyl (C=O) groups excluding carboxylic acids is 3. The number of imidazole rings is 2. The molecule has 4 aromatic heterocycles. The van der Waals surface area contributed by atoms with Crippen LogP contribution in [0.15, 0.2) is 61.2 Å². The highest BCUT2D eigenvalue weighted by Gasteiger charge is 2.34. The van der Waals surface area contributed by atoms with Gasteiger partial charge in [-0.3, -0.25) is 23.2 Å². The lowest BCUT2D eigenvalue weighted by Crippen LogP contribution is -2.47. The number of hydrogen-bond acceptors (Lipinski definition) is 10. The number of hydrogen-bond donors (Lipinski definition) is 1. The lowest BCUT2D eigenvalue weighted by atomic mass is 9.91. The van der Waals surface area contributed by atoms with Gasteiger partial charge in [0, 0.05) is 81.3 Å². The van der Waals surface area contributed by atoms with Gasteiger partial charge in [-0.25, -0.2) is 18.7 Å². The van der Waals surface area contributed by atoms with Gasteiger partial charge < -0.3 is 29.2 Å². The van der Waals surface area contributed by atoms with Crippen molar-refractivity contribution in [3.05, 3.63) is 95.1 Å². The highest BCUT2D eigenvalue weighted by molar-refractivity contribution is 6.03. The molecule has 19 heteroatoms. The fraction of sp³-hybridized carbons (Fsp3) is 0.396. The van der Waals surface area contributed by atoms with E-state index in [0.29, 0.717) is 71.1 Å². The Hall–Kier alpha value is -6.63. The minimum absolute atomic E-state index is 0.00298. The SMILES string of the molecule is COc1cc(-c2cnc3cc(C4CN(C(C)=O)C4)c(F)cn23)cc(OC(F)F)c1C(=O)CC1CC1.COc1cc(-c2cnc3cc(C4CNC4)c(F)cn23)cc(OC(F)F)c1C(=O)CC1CC1. The van der Waals surface area contributed by atoms with E-state index in [1.807, 2.05) is 0 Å². The number of amides is 1. The second-order valence-electron chi connectivity index (χ2n) is 17.4. The Morgan fingerprint density at radius 3 is 1.43 bits per heavy atom. The molecule has 0 unspecified atom stereocenters. The quantitative estimate of drug-likeness (QED) is 0.0739. The number of halogens is 6. The molecule has 2 aliphatic carbocycles. The van der Waals surface area contributed by atoms with Crippen molar-refractivity contribution in [2.45, 2.75) is 70.5 Å². The maximum atomic E-state index is 15.0. The van der Waals surface area contributed by atoms with Crippen molar-refractivity contribution in [1.82, 2.24) is 29.0 Å². The number of aromatic nitrogens is 4. The summed E-state index contributed by atoms with van der Waals surface area (Å²) in [7, 11) is 2.72. The molecule has 13 nitrogen and oxygen atoms in total. The van der Waals surface area contributed by atoms with E-state index < -0.39 is 19.0 Å². The summed E-state index contributed by atoms with van der Waals surface area (Å²) in [6.07, 6.45) is 9.91. The van der Waals surface area contributed by atoms with Crippen molar-refractivity contribution in [1.29, 1.82) is 0 Å². The molecule has 1 amide bonds. The average molecular weight is 933 g/mol. The Morgan fingerprint density at radius 2 is 1.07 bits per heavy atom. The number of nitrogens with one attached hydrogen (secondary N) is 1. The Bertz CT molecular complexity index is 2890. The van der Waals surface area contributed by atoms with Crippen LogP contribution in [0.2, 0.25) is 0 Å². The summed E-state index contributed by atoms with van der Waals surface area (Å²) in [5.74, 6) is -1.30. The van der Waals surface area contributed by atoms with Crippen molar-refractivity contribution in [3.63, 3.8) is 0 Å². The minimum atomic E-state index is -3.14. The fourth-order valence-electron chi connectivity index (χ4n) is 8.62. The van der Waals surface area contributed by atoms with Gasteiger partial charge in [-0.05, 0) is 85.0 Å². The smallest absolute Gasteiger partial charge is 0.387 e. The molecule has 6 aromatic rings. The van der Waals surface area contributed by atoms with Gasteiger partial charge in [0.25, 0.3) is 0 Å². The average Bonchev–Trinajstić information content (AvgIpc) is 4.16. The Morgan fingerprint density at radius 1 is 0.657 bits per heavy atom. The molecular formula is C48H46F6N6O7. The lowest BCUT2D eigenvalue weighted by Gasteiger charge is -2.39. The van der Waals surface area contributed by atoms with Crippen LogP contribution in [0.1, 0.15) is 89.1 Å². The van der Waals surface area contributed by atoms with Crippen molar-refractivity contribution in [2.24, 2.45) is 11.8 Å². The predicted molar refractivity (Wildman–Crippen MR) is 231 cm³/mol. The molecule has 2 saturated carbocycles. The number of nitrogens with zero attached hydrogens (tertiary/aromatic N) is 5. The highest BCUT2D eigenvalue weighted by Crippen LogP contribution is 2.43. The maximum absolute atomic E-state index is 15.0. The number of alkyl halides is 4. The van der Waals surface area contributed by atoms with Crippen LogP contribution < -0.4 is 24.3 Å². The van der Waals surface area contributed by atoms with Gasteiger partial charge >= 0.3 is 13.2 Å². The summed E-state index contributed by atoms with van der Waals surface area (Å²) >= 11 is 0. The third-order valence-corrected chi connectivity index (χ3v) is 12.7. The van der Waals surface area contributed by atoms with Gasteiger partial charge in [-0.2, -0.15) is 17.6 Å². The number of pyridine rings is 2. The first-order valence-corrected chi connectivity index (χ1v) is 21.9. The number of benzene rings is 2. The summed E-state index contributed by atoms with van der Waals surface area (Å²) in [5.41, 5.74) is 3.72. The van der Waals surface area contributed by atoms with Crippen LogP contribution in [0.5, 0.6) is 23.0 Å². The molecule has 1 N–H and O–H groups in total. The molecule has 0 atom stereocenters. The lowest BCUT2D eigenvalue weighted by molar-refractivity contribution is -0.133. The van der Waals surface area contributed by atoms with E-state index >= 15 is 4.39 Å². The maximum Gasteiger partial charge on any atom is 0.387 e. The number of ether oxygens (including phenoxy) is 4. The van der Waals surface area contributed by atoms with Crippen LogP contribution in [-0.4, -0.2) is 94.8 Å². The monoisotopic (exact) mass is 932 g/mol. The molecule has 0 radical (unpaired) electrons. The van der Waals surface area contributed by atoms with E-state index in [4.69, 9.17) is 18.9 Å². The first kappa shape index (κ1) is 45.5. The number of methoxy groups -OCH3 is 2. The predicted octanol–water partition coefficient (Wildman–Crippen LogP) is 9.10. The molecule has 10 rings (SSSR count). The molecule has 6 heterocycles. The molecule has 4 fully saturated rings. The van der Waals surface area contributed by atoms with Crippen molar-refractivity contribution >= 4 is 28.8 Å². The number of Topliss-reactive ketones (excluding diaryl/α,β-unsaturated/α-hetero) is 2. The standard InChI is InChI=1S/C25H24F3N3O4.C23H22F3N3O3/c1-13(32)30-10-16(11-30)17-8-23-29-9-19(31(23)12-18(17)26)15-6-21(34-2)24(20(33)5-14-3-4-14)22(7-15)35-25(27)28;1-31-19-5-13(6-20(32-23(25)26)22(19)18(30)4-12-2-3-12)17-10-28-21-7-15(14-8-27-9-14)16(24)11-29(17)21/h6-9,12,14,16,25H,3-5,10-11H2,1-2H3;5-7,10-12,14,23,27H,2-4,8-9H2,1H3. The number of rotatable bonds is 16. The molecule has 2 aliphatic heterocycles. The largest absolute Gasteiger partial charge is 0.496 e. The molecule has 2 saturated heterocycles. The number of likely N-dealkylation sites (tertiary alicyclic amines) is 1. The van der Waals surface area contributed by atoms with Gasteiger partial charge in [0.1, 0.15) is 57.1 Å². The third kappa shape index (κ3) is 9.51. The van der Waals surface area contributed by atoms with Crippen molar-refractivity contribution in [3.8, 4) is 45.5 Å². The van der Waals surface area contributed by atoms with Gasteiger partial charge in [-0.15, -0.1) is 0 Å². The Labute approximate surface area is 380 Å². The van der Waals surface area contributed by atoms with Crippen LogP contribution in [-0.2, 0) is 4.79 Å². The van der Waals surface area contributed by atoms with E-state index in [1.165, 1.54) is 62.5 Å². The van der Waals surface area contributed by atoms with Crippen molar-refractivity contribution in [2.75, 3.05) is 40.4 Å². The first-order valence-electron chi connectivity index (χ1n) is 21.9. The molecule has 4 aliphatic rings. The van der Waals surface area contributed by atoms with Crippen molar-refractivity contribution < 1.29 is 59.7 Å². The number of fused-ring (bicyclic) bond motifs is 2. The Balaban J connectivity index is 0.000000169. The molecule has 2 aromatic carbocycles. The zero-order valence-corrected chi connectivity index (χ0v) is 36.7. The number of ketones is 2. The zero-order chi connectivity index (χ0) is 47.3. The highest BCUT2D eigenvalue weighted by atomic mass is 19.3. The molecule has 352 valence electrons. The van der Waals surface area contributed by atoms with Crippen LogP contribution in [0.25, 0.3) is 33.8 Å². The van der Waals surface area contributed by atoms with E-state index in [0.717, 1.165) is 25.7 Å². The topological polar surface area (TPSA) is 138 Å². The molecule has 0 spiro atoms. The summed E-state index contributed by atoms with van der Waals surface area (Å²) in [6.45, 7) is -2.47. The first-order chi connectivity index (χ1) is 32.2. The van der Waals surface area contributed by atoms with Gasteiger partial charge in [0.05, 0.1) is 38.0 Å². The second-order valence-corrected chi connectivity index (χ2v) is 17.4. The summed E-state index contributed by atoms with van der Waals surface area (Å²) in [5, 5.41) is 3.12. The molecular weight excluding hydrogens is 887 g/mol. The molecule has 0 bridgehead atoms. The van der Waals surface area contributed by atoms with Crippen LogP contribution in [0.3, 0.4) is 0 Å². The van der Waals surface area contributed by atoms with Gasteiger partial charge in [0.2, 0.25) is 5.91 Å². The van der Waals surface area contributed by atoms with Crippen LogP contribution >= 0.6 is 0 Å². The third-order valence-electron chi connectivity index (χ3n) is 12.7.